The van der Waals surface area contributed by atoms with Crippen molar-refractivity contribution in [1.29, 1.82) is 0 Å². The first-order chi connectivity index (χ1) is 22.9. The van der Waals surface area contributed by atoms with Crippen LogP contribution in [0.2, 0.25) is 0 Å². The van der Waals surface area contributed by atoms with Gasteiger partial charge in [-0.25, -0.2) is 13.8 Å². The quantitative estimate of drug-likeness (QED) is 0.210. The third-order valence-corrected chi connectivity index (χ3v) is 8.22. The Morgan fingerprint density at radius 3 is 1.91 bits per heavy atom. The molecule has 0 spiro atoms. The molecule has 1 N–H and O–H groups in total. The molecule has 0 radical (unpaired) electrons. The molecule has 47 heavy (non-hydrogen) atoms. The van der Waals surface area contributed by atoms with Crippen LogP contribution in [0.25, 0.3) is 22.2 Å². The zero-order valence-electron chi connectivity index (χ0n) is 26.3. The van der Waals surface area contributed by atoms with Crippen LogP contribution in [-0.2, 0) is 13.1 Å². The summed E-state index contributed by atoms with van der Waals surface area (Å²) in [5.41, 5.74) is 2.48. The fourth-order valence-electron chi connectivity index (χ4n) is 5.69. The predicted molar refractivity (Wildman–Crippen MR) is 174 cm³/mol. The first-order valence-electron chi connectivity index (χ1n) is 15.1. The van der Waals surface area contributed by atoms with Gasteiger partial charge in [0.2, 0.25) is 0 Å². The number of nitrogens with one attached hydrogen (secondary N) is 1. The van der Waals surface area contributed by atoms with Gasteiger partial charge in [0.15, 0.2) is 23.1 Å². The van der Waals surface area contributed by atoms with Gasteiger partial charge in [-0.2, -0.15) is 0 Å². The number of carbonyl (C=O) groups is 1. The highest BCUT2D eigenvalue weighted by atomic mass is 19.1. The second kappa shape index (κ2) is 14.1. The van der Waals surface area contributed by atoms with E-state index in [0.29, 0.717) is 5.82 Å². The molecule has 0 unspecified atom stereocenters. The molecule has 6 rings (SSSR count). The third kappa shape index (κ3) is 6.83. The monoisotopic (exact) mass is 640 g/mol. The zero-order valence-corrected chi connectivity index (χ0v) is 26.3. The Morgan fingerprint density at radius 2 is 1.34 bits per heavy atom. The van der Waals surface area contributed by atoms with Gasteiger partial charge in [-0.1, -0.05) is 24.3 Å². The fraction of sp³-hybridized carbons (Fsp3) is 0.257. The molecule has 1 amide bonds. The summed E-state index contributed by atoms with van der Waals surface area (Å²) in [4.78, 5) is 31.3. The normalized spacial score (nSPS) is 13.8. The van der Waals surface area contributed by atoms with E-state index in [4.69, 9.17) is 14.2 Å². The first-order valence-corrected chi connectivity index (χ1v) is 15.1. The molecule has 3 heterocycles. The summed E-state index contributed by atoms with van der Waals surface area (Å²) >= 11 is 0. The summed E-state index contributed by atoms with van der Waals surface area (Å²) in [6.07, 6.45) is 4.55. The molecule has 0 bridgehead atoms. The van der Waals surface area contributed by atoms with Crippen molar-refractivity contribution in [3.8, 4) is 28.4 Å². The summed E-state index contributed by atoms with van der Waals surface area (Å²) in [6, 6.07) is 15.9. The van der Waals surface area contributed by atoms with Crippen LogP contribution < -0.4 is 19.5 Å². The highest BCUT2D eigenvalue weighted by molar-refractivity contribution is 6.13. The number of amides is 1. The second-order valence-corrected chi connectivity index (χ2v) is 11.1. The molecule has 0 aliphatic carbocycles. The van der Waals surface area contributed by atoms with Crippen LogP contribution in [0, 0.1) is 11.6 Å². The molecule has 1 saturated heterocycles. The zero-order chi connectivity index (χ0) is 32.9. The van der Waals surface area contributed by atoms with E-state index in [1.54, 1.807) is 19.4 Å². The van der Waals surface area contributed by atoms with E-state index in [1.165, 1.54) is 44.3 Å². The highest BCUT2D eigenvalue weighted by Crippen LogP contribution is 2.40. The van der Waals surface area contributed by atoms with E-state index in [1.807, 2.05) is 18.2 Å². The van der Waals surface area contributed by atoms with Crippen LogP contribution in [-0.4, -0.2) is 78.2 Å². The van der Waals surface area contributed by atoms with Crippen molar-refractivity contribution in [3.05, 3.63) is 102 Å². The molecule has 242 valence electrons. The Labute approximate surface area is 270 Å². The molecule has 1 aliphatic heterocycles. The van der Waals surface area contributed by atoms with Gasteiger partial charge in [0.05, 0.1) is 38.0 Å². The number of nitrogens with zero attached hydrogens (tertiary/aromatic N) is 5. The van der Waals surface area contributed by atoms with E-state index >= 15 is 8.78 Å². The molecule has 5 aromatic rings. The molecule has 3 aromatic carbocycles. The maximum atomic E-state index is 15.3. The van der Waals surface area contributed by atoms with Crippen molar-refractivity contribution < 1.29 is 27.8 Å². The molecule has 2 aromatic heterocycles. The van der Waals surface area contributed by atoms with Gasteiger partial charge < -0.3 is 19.5 Å². The predicted octanol–water partition coefficient (Wildman–Crippen LogP) is 5.57. The summed E-state index contributed by atoms with van der Waals surface area (Å²) in [7, 11) is 4.22. The van der Waals surface area contributed by atoms with Crippen molar-refractivity contribution >= 4 is 22.8 Å². The van der Waals surface area contributed by atoms with E-state index in [-0.39, 0.29) is 33.7 Å². The molecule has 1 aliphatic rings. The Bertz CT molecular complexity index is 1850. The van der Waals surface area contributed by atoms with Crippen LogP contribution in [0.4, 0.5) is 14.6 Å². The van der Waals surface area contributed by atoms with Gasteiger partial charge in [-0.15, -0.1) is 0 Å². The van der Waals surface area contributed by atoms with E-state index in [0.717, 1.165) is 56.6 Å². The van der Waals surface area contributed by atoms with Crippen LogP contribution in [0.1, 0.15) is 21.5 Å². The van der Waals surface area contributed by atoms with Gasteiger partial charge in [-0.3, -0.25) is 24.6 Å². The summed E-state index contributed by atoms with van der Waals surface area (Å²) < 4.78 is 46.1. The standard InChI is InChI=1S/C35H34F2N6O4/c1-45-24-7-4-22(5-8-24)20-42-14-16-43(17-15-42)21-23-6-11-29(40-19-23)41-35(44)26-10-9-25(33-34(26)39-13-12-38-33)30-31(36)27(46-2)18-28(47-3)32(30)37/h4-13,18-19H,14-17,20-21H2,1-3H3,(H,40,41,44). The van der Waals surface area contributed by atoms with Gasteiger partial charge in [0.25, 0.3) is 5.91 Å². The van der Waals surface area contributed by atoms with Crippen molar-refractivity contribution in [1.82, 2.24) is 24.8 Å². The van der Waals surface area contributed by atoms with Gasteiger partial charge >= 0.3 is 0 Å². The number of benzene rings is 3. The van der Waals surface area contributed by atoms with Crippen molar-refractivity contribution in [3.63, 3.8) is 0 Å². The van der Waals surface area contributed by atoms with Crippen LogP contribution in [0.3, 0.4) is 0 Å². The number of hydrogen-bond donors (Lipinski definition) is 1. The van der Waals surface area contributed by atoms with Crippen LogP contribution >= 0.6 is 0 Å². The first kappa shape index (κ1) is 31.8. The van der Waals surface area contributed by atoms with E-state index < -0.39 is 23.1 Å². The maximum Gasteiger partial charge on any atom is 0.259 e. The molecule has 0 saturated carbocycles. The molecular weight excluding hydrogens is 606 g/mol. The lowest BCUT2D eigenvalue weighted by Crippen LogP contribution is -2.45. The smallest absolute Gasteiger partial charge is 0.259 e. The molecule has 0 atom stereocenters. The minimum atomic E-state index is -0.922. The molecule has 10 nitrogen and oxygen atoms in total. The van der Waals surface area contributed by atoms with E-state index in [2.05, 4.69) is 42.2 Å². The van der Waals surface area contributed by atoms with Crippen LogP contribution in [0.15, 0.2) is 73.2 Å². The topological polar surface area (TPSA) is 102 Å². The Hall–Kier alpha value is -5.20. The number of fused-ring (bicyclic) bond motifs is 1. The lowest BCUT2D eigenvalue weighted by Gasteiger charge is -2.34. The summed E-state index contributed by atoms with van der Waals surface area (Å²) in [5.74, 6) is -1.50. The Kier molecular flexibility index (Phi) is 9.50. The minimum absolute atomic E-state index is 0.0980. The van der Waals surface area contributed by atoms with E-state index in [9.17, 15) is 4.79 Å². The maximum absolute atomic E-state index is 15.3. The summed E-state index contributed by atoms with van der Waals surface area (Å²) in [5, 5.41) is 2.80. The average molecular weight is 641 g/mol. The molecule has 1 fully saturated rings. The summed E-state index contributed by atoms with van der Waals surface area (Å²) in [6.45, 7) is 5.47. The number of methoxy groups -OCH3 is 3. The largest absolute Gasteiger partial charge is 0.497 e. The van der Waals surface area contributed by atoms with Gasteiger partial charge in [0, 0.05) is 69.5 Å². The van der Waals surface area contributed by atoms with Crippen molar-refractivity contribution in [2.75, 3.05) is 52.8 Å². The average Bonchev–Trinajstić information content (AvgIpc) is 3.10. The van der Waals surface area contributed by atoms with Gasteiger partial charge in [-0.05, 0) is 35.4 Å². The highest BCUT2D eigenvalue weighted by Gasteiger charge is 2.25. The van der Waals surface area contributed by atoms with Crippen molar-refractivity contribution in [2.45, 2.75) is 13.1 Å². The lowest BCUT2D eigenvalue weighted by atomic mass is 9.98. The Balaban J connectivity index is 1.12. The molecule has 12 heteroatoms. The number of carbonyl (C=O) groups excluding carboxylic acids is 1. The number of halogens is 2. The molecular formula is C35H34F2N6O4. The third-order valence-electron chi connectivity index (χ3n) is 8.22. The number of rotatable bonds is 10. The lowest BCUT2D eigenvalue weighted by molar-refractivity contribution is 0.102. The number of aromatic nitrogens is 3. The van der Waals surface area contributed by atoms with Gasteiger partial charge in [0.1, 0.15) is 17.1 Å². The fourth-order valence-corrected chi connectivity index (χ4v) is 5.69. The van der Waals surface area contributed by atoms with Crippen molar-refractivity contribution in [2.24, 2.45) is 0 Å². The van der Waals surface area contributed by atoms with Crippen LogP contribution in [0.5, 0.6) is 17.2 Å². The number of pyridine rings is 1. The number of anilines is 1. The number of piperazine rings is 1. The Morgan fingerprint density at radius 1 is 0.745 bits per heavy atom. The number of ether oxygens (including phenoxy) is 3. The number of hydrogen-bond acceptors (Lipinski definition) is 9. The minimum Gasteiger partial charge on any atom is -0.497 e. The SMILES string of the molecule is COc1ccc(CN2CCN(Cc3ccc(NC(=O)c4ccc(-c5c(F)c(OC)cc(OC)c5F)c5nccnc45)nc3)CC2)cc1. The second-order valence-electron chi connectivity index (χ2n) is 11.1.